The van der Waals surface area contributed by atoms with Gasteiger partial charge >= 0.3 is 0 Å². The van der Waals surface area contributed by atoms with E-state index >= 15 is 0 Å². The van der Waals surface area contributed by atoms with Gasteiger partial charge in [-0.1, -0.05) is 32.1 Å². The maximum atomic E-state index is 12.9. The first-order valence-corrected chi connectivity index (χ1v) is 11.2. The third-order valence-corrected chi connectivity index (χ3v) is 6.41. The van der Waals surface area contributed by atoms with Gasteiger partial charge in [0.25, 0.3) is 5.91 Å². The molecule has 0 bridgehead atoms. The number of fused-ring (bicyclic) bond motifs is 1. The van der Waals surface area contributed by atoms with Gasteiger partial charge in [0.05, 0.1) is 26.1 Å². The molecule has 0 spiro atoms. The van der Waals surface area contributed by atoms with Crippen LogP contribution in [0.1, 0.15) is 49.7 Å². The monoisotopic (exact) mass is 443 g/mol. The topological polar surface area (TPSA) is 81.0 Å². The SMILES string of the molecule is COc1ccc(C(=O)N2CCC(Nc3nn4cc(C(C)(C)C)nc4s3)CC2)cc1OC. The van der Waals surface area contributed by atoms with Gasteiger partial charge in [-0.25, -0.2) is 9.50 Å². The van der Waals surface area contributed by atoms with E-state index < -0.39 is 0 Å². The molecule has 0 unspecified atom stereocenters. The number of nitrogens with zero attached hydrogens (tertiary/aromatic N) is 4. The number of ether oxygens (including phenoxy) is 2. The Labute approximate surface area is 186 Å². The third-order valence-electron chi connectivity index (χ3n) is 5.55. The van der Waals surface area contributed by atoms with E-state index in [-0.39, 0.29) is 17.4 Å². The number of rotatable bonds is 5. The van der Waals surface area contributed by atoms with Gasteiger partial charge in [-0.15, -0.1) is 5.10 Å². The molecule has 4 rings (SSSR count). The number of imidazole rings is 1. The Hall–Kier alpha value is -2.81. The number of benzene rings is 1. The zero-order chi connectivity index (χ0) is 22.2. The Morgan fingerprint density at radius 3 is 2.48 bits per heavy atom. The molecule has 9 heteroatoms. The van der Waals surface area contributed by atoms with Crippen LogP contribution in [0.2, 0.25) is 0 Å². The van der Waals surface area contributed by atoms with Crippen molar-refractivity contribution in [3.05, 3.63) is 35.7 Å². The smallest absolute Gasteiger partial charge is 0.253 e. The molecule has 1 saturated heterocycles. The van der Waals surface area contributed by atoms with Crippen LogP contribution in [0.4, 0.5) is 5.13 Å². The normalized spacial score (nSPS) is 15.3. The van der Waals surface area contributed by atoms with Gasteiger partial charge < -0.3 is 19.7 Å². The summed E-state index contributed by atoms with van der Waals surface area (Å²) in [5.74, 6) is 1.20. The molecular weight excluding hydrogens is 414 g/mol. The molecule has 0 saturated carbocycles. The highest BCUT2D eigenvalue weighted by atomic mass is 32.1. The molecule has 2 aromatic heterocycles. The fourth-order valence-corrected chi connectivity index (χ4v) is 4.53. The van der Waals surface area contributed by atoms with Crippen molar-refractivity contribution in [3.8, 4) is 11.5 Å². The van der Waals surface area contributed by atoms with Crippen molar-refractivity contribution in [2.24, 2.45) is 0 Å². The fraction of sp³-hybridized carbons (Fsp3) is 0.500. The lowest BCUT2D eigenvalue weighted by molar-refractivity contribution is 0.0718. The summed E-state index contributed by atoms with van der Waals surface area (Å²) in [5, 5.41) is 9.02. The molecule has 166 valence electrons. The van der Waals surface area contributed by atoms with Gasteiger partial charge in [-0.2, -0.15) is 0 Å². The summed E-state index contributed by atoms with van der Waals surface area (Å²) in [6.07, 6.45) is 3.74. The second-order valence-electron chi connectivity index (χ2n) is 8.79. The van der Waals surface area contributed by atoms with Gasteiger partial charge in [-0.05, 0) is 31.0 Å². The molecular formula is C22H29N5O3S. The van der Waals surface area contributed by atoms with Gasteiger partial charge in [0, 0.05) is 30.1 Å². The predicted octanol–water partition coefficient (Wildman–Crippen LogP) is 3.82. The largest absolute Gasteiger partial charge is 0.493 e. The molecule has 31 heavy (non-hydrogen) atoms. The Morgan fingerprint density at radius 1 is 1.16 bits per heavy atom. The standard InChI is InChI=1S/C22H29N5O3S/c1-22(2,3)18-13-27-21(24-18)31-20(25-27)23-15-8-10-26(11-9-15)19(28)14-6-7-16(29-4)17(12-14)30-5/h6-7,12-13,15H,8-11H2,1-5H3,(H,23,25). The van der Waals surface area contributed by atoms with E-state index in [0.717, 1.165) is 28.6 Å². The summed E-state index contributed by atoms with van der Waals surface area (Å²) < 4.78 is 12.4. The Morgan fingerprint density at radius 2 is 1.87 bits per heavy atom. The molecule has 1 N–H and O–H groups in total. The van der Waals surface area contributed by atoms with E-state index in [0.29, 0.717) is 30.2 Å². The average molecular weight is 444 g/mol. The number of carbonyl (C=O) groups is 1. The first-order valence-electron chi connectivity index (χ1n) is 10.4. The van der Waals surface area contributed by atoms with Crippen LogP contribution >= 0.6 is 11.3 Å². The second kappa shape index (κ2) is 8.37. The van der Waals surface area contributed by atoms with Crippen molar-refractivity contribution in [3.63, 3.8) is 0 Å². The number of nitrogens with one attached hydrogen (secondary N) is 1. The molecule has 8 nitrogen and oxygen atoms in total. The first kappa shape index (κ1) is 21.4. The van der Waals surface area contributed by atoms with E-state index in [1.807, 2.05) is 15.6 Å². The number of methoxy groups -OCH3 is 2. The quantitative estimate of drug-likeness (QED) is 0.646. The number of likely N-dealkylation sites (tertiary alicyclic amines) is 1. The molecule has 3 aromatic rings. The molecule has 1 amide bonds. The number of carbonyl (C=O) groups excluding carboxylic acids is 1. The van der Waals surface area contributed by atoms with Crippen LogP contribution in [0.5, 0.6) is 11.5 Å². The molecule has 0 atom stereocenters. The van der Waals surface area contributed by atoms with Crippen molar-refractivity contribution >= 4 is 27.3 Å². The van der Waals surface area contributed by atoms with Crippen LogP contribution in [0.15, 0.2) is 24.4 Å². The Balaban J connectivity index is 1.36. The Bertz CT molecular complexity index is 1050. The number of anilines is 1. The maximum absolute atomic E-state index is 12.9. The van der Waals surface area contributed by atoms with Gasteiger partial charge in [-0.3, -0.25) is 4.79 Å². The van der Waals surface area contributed by atoms with Crippen molar-refractivity contribution in [2.45, 2.75) is 45.1 Å². The summed E-state index contributed by atoms with van der Waals surface area (Å²) in [5.41, 5.74) is 1.66. The van der Waals surface area contributed by atoms with E-state index in [9.17, 15) is 4.79 Å². The summed E-state index contributed by atoms with van der Waals surface area (Å²) in [6, 6.07) is 5.57. The number of amides is 1. The lowest BCUT2D eigenvalue weighted by atomic mass is 9.93. The molecule has 0 aliphatic carbocycles. The zero-order valence-electron chi connectivity index (χ0n) is 18.6. The highest BCUT2D eigenvalue weighted by Crippen LogP contribution is 2.29. The van der Waals surface area contributed by atoms with E-state index in [2.05, 4.69) is 31.2 Å². The van der Waals surface area contributed by atoms with Crippen LogP contribution in [0, 0.1) is 0 Å². The summed E-state index contributed by atoms with van der Waals surface area (Å²) >= 11 is 1.56. The minimum Gasteiger partial charge on any atom is -0.493 e. The number of hydrogen-bond donors (Lipinski definition) is 1. The molecule has 1 aromatic carbocycles. The summed E-state index contributed by atoms with van der Waals surface area (Å²) in [7, 11) is 3.16. The van der Waals surface area contributed by atoms with Gasteiger partial charge in [0.2, 0.25) is 10.1 Å². The highest BCUT2D eigenvalue weighted by molar-refractivity contribution is 7.20. The van der Waals surface area contributed by atoms with Crippen LogP contribution in [-0.4, -0.2) is 58.8 Å². The summed E-state index contributed by atoms with van der Waals surface area (Å²) in [4.78, 5) is 20.4. The number of piperidine rings is 1. The third kappa shape index (κ3) is 4.46. The Kier molecular flexibility index (Phi) is 5.79. The van der Waals surface area contributed by atoms with Crippen LogP contribution in [-0.2, 0) is 5.41 Å². The van der Waals surface area contributed by atoms with Crippen LogP contribution < -0.4 is 14.8 Å². The molecule has 1 aliphatic heterocycles. The van der Waals surface area contributed by atoms with Crippen molar-refractivity contribution < 1.29 is 14.3 Å². The van der Waals surface area contributed by atoms with Gasteiger partial charge in [0.1, 0.15) is 0 Å². The molecule has 1 fully saturated rings. The van der Waals surface area contributed by atoms with Crippen molar-refractivity contribution in [1.29, 1.82) is 0 Å². The average Bonchev–Trinajstić information content (AvgIpc) is 3.32. The highest BCUT2D eigenvalue weighted by Gasteiger charge is 2.25. The van der Waals surface area contributed by atoms with Crippen LogP contribution in [0.3, 0.4) is 0 Å². The predicted molar refractivity (Wildman–Crippen MR) is 122 cm³/mol. The molecule has 1 aliphatic rings. The van der Waals surface area contributed by atoms with Crippen molar-refractivity contribution in [1.82, 2.24) is 19.5 Å². The lowest BCUT2D eigenvalue weighted by Gasteiger charge is -2.32. The van der Waals surface area contributed by atoms with E-state index in [1.54, 1.807) is 43.8 Å². The maximum Gasteiger partial charge on any atom is 0.253 e. The van der Waals surface area contributed by atoms with Crippen LogP contribution in [0.25, 0.3) is 4.96 Å². The fourth-order valence-electron chi connectivity index (χ4n) is 3.67. The minimum absolute atomic E-state index is 0.00821. The van der Waals surface area contributed by atoms with Crippen molar-refractivity contribution in [2.75, 3.05) is 32.6 Å². The van der Waals surface area contributed by atoms with E-state index in [1.165, 1.54) is 0 Å². The second-order valence-corrected chi connectivity index (χ2v) is 9.75. The lowest BCUT2D eigenvalue weighted by Crippen LogP contribution is -2.42. The number of hydrogen-bond acceptors (Lipinski definition) is 7. The zero-order valence-corrected chi connectivity index (χ0v) is 19.5. The molecule has 3 heterocycles. The first-order chi connectivity index (χ1) is 14.8. The number of aromatic nitrogens is 3. The van der Waals surface area contributed by atoms with E-state index in [4.69, 9.17) is 14.5 Å². The summed E-state index contributed by atoms with van der Waals surface area (Å²) in [6.45, 7) is 7.84. The van der Waals surface area contributed by atoms with Gasteiger partial charge in [0.15, 0.2) is 11.5 Å². The molecule has 0 radical (unpaired) electrons. The minimum atomic E-state index is 0.00821.